The van der Waals surface area contributed by atoms with Crippen LogP contribution in [0.3, 0.4) is 0 Å². The van der Waals surface area contributed by atoms with E-state index in [9.17, 15) is 0 Å². The molecule has 1 aromatic heterocycles. The highest BCUT2D eigenvalue weighted by molar-refractivity contribution is 5.25. The van der Waals surface area contributed by atoms with Crippen molar-refractivity contribution in [2.75, 3.05) is 6.61 Å². The Kier molecular flexibility index (Phi) is 4.94. The lowest BCUT2D eigenvalue weighted by molar-refractivity contribution is 0.304. The summed E-state index contributed by atoms with van der Waals surface area (Å²) in [5.41, 5.74) is 2.39. The Morgan fingerprint density at radius 1 is 1.29 bits per heavy atom. The highest BCUT2D eigenvalue weighted by atomic mass is 16.5. The summed E-state index contributed by atoms with van der Waals surface area (Å²) >= 11 is 0. The maximum Gasteiger partial charge on any atom is 0.213 e. The minimum absolute atomic E-state index is 0.129. The Balaban J connectivity index is 2.63. The zero-order chi connectivity index (χ0) is 12.9. The minimum Gasteiger partial charge on any atom is -0.478 e. The average molecular weight is 236 g/mol. The number of pyridine rings is 1. The number of rotatable bonds is 5. The van der Waals surface area contributed by atoms with Gasteiger partial charge >= 0.3 is 0 Å². The van der Waals surface area contributed by atoms with Gasteiger partial charge in [-0.3, -0.25) is 0 Å². The third kappa shape index (κ3) is 5.18. The number of ether oxygens (including phenoxy) is 1. The van der Waals surface area contributed by atoms with Crippen LogP contribution in [0.4, 0.5) is 0 Å². The molecule has 0 amide bonds. The van der Waals surface area contributed by atoms with Crippen molar-refractivity contribution in [3.63, 3.8) is 0 Å². The molecule has 1 aromatic rings. The Morgan fingerprint density at radius 2 is 2.00 bits per heavy atom. The van der Waals surface area contributed by atoms with Crippen LogP contribution < -0.4 is 10.1 Å². The topological polar surface area (TPSA) is 34.1 Å². The van der Waals surface area contributed by atoms with E-state index in [1.54, 1.807) is 0 Å². The molecule has 0 saturated heterocycles. The first-order chi connectivity index (χ1) is 7.92. The zero-order valence-corrected chi connectivity index (χ0v) is 11.6. The Bertz CT molecular complexity index is 356. The lowest BCUT2D eigenvalue weighted by Crippen LogP contribution is -2.35. The van der Waals surface area contributed by atoms with Crippen molar-refractivity contribution < 1.29 is 4.74 Å². The Hall–Kier alpha value is -1.09. The van der Waals surface area contributed by atoms with Crippen LogP contribution in [0.15, 0.2) is 12.1 Å². The second-order valence-electron chi connectivity index (χ2n) is 5.35. The number of aryl methyl sites for hydroxylation is 1. The SMILES string of the molecule is CCCOc1ccc(CNC(C)(C)C)c(C)n1. The first-order valence-corrected chi connectivity index (χ1v) is 6.26. The van der Waals surface area contributed by atoms with Gasteiger partial charge in [0.15, 0.2) is 0 Å². The average Bonchev–Trinajstić information content (AvgIpc) is 2.23. The molecule has 0 fully saturated rings. The summed E-state index contributed by atoms with van der Waals surface area (Å²) in [6, 6.07) is 4.04. The number of hydrogen-bond acceptors (Lipinski definition) is 3. The molecule has 0 saturated carbocycles. The third-order valence-corrected chi connectivity index (χ3v) is 2.43. The van der Waals surface area contributed by atoms with E-state index in [1.807, 2.05) is 13.0 Å². The molecule has 0 aliphatic heterocycles. The highest BCUT2D eigenvalue weighted by Gasteiger charge is 2.10. The summed E-state index contributed by atoms with van der Waals surface area (Å²) in [6.07, 6.45) is 1.01. The molecule has 1 rings (SSSR count). The molecule has 3 nitrogen and oxygen atoms in total. The van der Waals surface area contributed by atoms with Gasteiger partial charge in [-0.25, -0.2) is 4.98 Å². The van der Waals surface area contributed by atoms with E-state index < -0.39 is 0 Å². The smallest absolute Gasteiger partial charge is 0.213 e. The number of aromatic nitrogens is 1. The van der Waals surface area contributed by atoms with E-state index in [0.29, 0.717) is 0 Å². The van der Waals surface area contributed by atoms with Crippen LogP contribution in [0.5, 0.6) is 5.88 Å². The molecule has 0 aliphatic carbocycles. The van der Waals surface area contributed by atoms with Crippen molar-refractivity contribution in [3.8, 4) is 5.88 Å². The molecule has 1 N–H and O–H groups in total. The van der Waals surface area contributed by atoms with E-state index in [0.717, 1.165) is 31.1 Å². The van der Waals surface area contributed by atoms with E-state index in [1.165, 1.54) is 5.56 Å². The normalized spacial score (nSPS) is 11.6. The molecule has 3 heteroatoms. The largest absolute Gasteiger partial charge is 0.478 e. The highest BCUT2D eigenvalue weighted by Crippen LogP contribution is 2.13. The summed E-state index contributed by atoms with van der Waals surface area (Å²) in [5, 5.41) is 3.46. The third-order valence-electron chi connectivity index (χ3n) is 2.43. The van der Waals surface area contributed by atoms with Gasteiger partial charge in [0.1, 0.15) is 0 Å². The van der Waals surface area contributed by atoms with Gasteiger partial charge in [0, 0.05) is 23.8 Å². The lowest BCUT2D eigenvalue weighted by Gasteiger charge is -2.21. The van der Waals surface area contributed by atoms with Crippen LogP contribution in [-0.4, -0.2) is 17.1 Å². The molecule has 17 heavy (non-hydrogen) atoms. The van der Waals surface area contributed by atoms with Crippen molar-refractivity contribution in [1.29, 1.82) is 0 Å². The van der Waals surface area contributed by atoms with Gasteiger partial charge in [-0.05, 0) is 39.7 Å². The molecule has 1 heterocycles. The van der Waals surface area contributed by atoms with Gasteiger partial charge in [0.2, 0.25) is 5.88 Å². The molecule has 0 aliphatic rings. The fraction of sp³-hybridized carbons (Fsp3) is 0.643. The van der Waals surface area contributed by atoms with Crippen LogP contribution in [0.1, 0.15) is 45.4 Å². The van der Waals surface area contributed by atoms with Gasteiger partial charge in [-0.1, -0.05) is 13.0 Å². The maximum atomic E-state index is 5.50. The maximum absolute atomic E-state index is 5.50. The first-order valence-electron chi connectivity index (χ1n) is 6.26. The van der Waals surface area contributed by atoms with E-state index in [-0.39, 0.29) is 5.54 Å². The van der Waals surface area contributed by atoms with Crippen molar-refractivity contribution in [3.05, 3.63) is 23.4 Å². The number of nitrogens with one attached hydrogen (secondary N) is 1. The first kappa shape index (κ1) is 14.0. The monoisotopic (exact) mass is 236 g/mol. The van der Waals surface area contributed by atoms with Crippen LogP contribution in [0, 0.1) is 6.92 Å². The van der Waals surface area contributed by atoms with Crippen LogP contribution in [0.25, 0.3) is 0 Å². The second kappa shape index (κ2) is 6.01. The zero-order valence-electron chi connectivity index (χ0n) is 11.6. The molecule has 0 radical (unpaired) electrons. The standard InChI is InChI=1S/C14H24N2O/c1-6-9-17-13-8-7-12(11(2)16-13)10-15-14(3,4)5/h7-8,15H,6,9-10H2,1-5H3. The van der Waals surface area contributed by atoms with Crippen LogP contribution in [-0.2, 0) is 6.54 Å². The molecule has 96 valence electrons. The fourth-order valence-corrected chi connectivity index (χ4v) is 1.40. The summed E-state index contributed by atoms with van der Waals surface area (Å²) < 4.78 is 5.50. The molecule has 0 unspecified atom stereocenters. The molecule has 0 aromatic carbocycles. The van der Waals surface area contributed by atoms with Gasteiger partial charge in [-0.15, -0.1) is 0 Å². The minimum atomic E-state index is 0.129. The predicted octanol–water partition coefficient (Wildman–Crippen LogP) is 3.07. The summed E-state index contributed by atoms with van der Waals surface area (Å²) in [6.45, 7) is 12.2. The summed E-state index contributed by atoms with van der Waals surface area (Å²) in [5.74, 6) is 0.726. The van der Waals surface area contributed by atoms with Gasteiger partial charge in [0.05, 0.1) is 6.61 Å². The van der Waals surface area contributed by atoms with Crippen LogP contribution in [0.2, 0.25) is 0 Å². The molecular formula is C14H24N2O. The summed E-state index contributed by atoms with van der Waals surface area (Å²) in [4.78, 5) is 4.45. The summed E-state index contributed by atoms with van der Waals surface area (Å²) in [7, 11) is 0. The van der Waals surface area contributed by atoms with Crippen molar-refractivity contribution in [1.82, 2.24) is 10.3 Å². The predicted molar refractivity (Wildman–Crippen MR) is 71.4 cm³/mol. The molecule has 0 bridgehead atoms. The lowest BCUT2D eigenvalue weighted by atomic mass is 10.1. The van der Waals surface area contributed by atoms with Crippen molar-refractivity contribution in [2.24, 2.45) is 0 Å². The van der Waals surface area contributed by atoms with E-state index in [4.69, 9.17) is 4.74 Å². The number of hydrogen-bond donors (Lipinski definition) is 1. The van der Waals surface area contributed by atoms with Crippen LogP contribution >= 0.6 is 0 Å². The molecule has 0 atom stereocenters. The van der Waals surface area contributed by atoms with Gasteiger partial charge < -0.3 is 10.1 Å². The van der Waals surface area contributed by atoms with E-state index in [2.05, 4.69) is 44.1 Å². The molecule has 0 spiro atoms. The number of nitrogens with zero attached hydrogens (tertiary/aromatic N) is 1. The van der Waals surface area contributed by atoms with E-state index >= 15 is 0 Å². The fourth-order valence-electron chi connectivity index (χ4n) is 1.40. The van der Waals surface area contributed by atoms with Crippen molar-refractivity contribution >= 4 is 0 Å². The quantitative estimate of drug-likeness (QED) is 0.853. The second-order valence-corrected chi connectivity index (χ2v) is 5.35. The molecular weight excluding hydrogens is 212 g/mol. The van der Waals surface area contributed by atoms with Gasteiger partial charge in [-0.2, -0.15) is 0 Å². The van der Waals surface area contributed by atoms with Gasteiger partial charge in [0.25, 0.3) is 0 Å². The Morgan fingerprint density at radius 3 is 2.53 bits per heavy atom. The Labute approximate surface area is 105 Å². The van der Waals surface area contributed by atoms with Crippen molar-refractivity contribution in [2.45, 2.75) is 53.1 Å².